The first-order chi connectivity index (χ1) is 8.18. The van der Waals surface area contributed by atoms with Crippen LogP contribution in [-0.4, -0.2) is 31.4 Å². The molecular weight excluding hydrogens is 238 g/mol. The van der Waals surface area contributed by atoms with Gasteiger partial charge in [-0.05, 0) is 12.1 Å². The molecule has 2 aromatic heterocycles. The zero-order chi connectivity index (χ0) is 12.3. The van der Waals surface area contributed by atoms with Crippen molar-refractivity contribution in [1.82, 2.24) is 19.7 Å². The van der Waals surface area contributed by atoms with E-state index < -0.39 is 0 Å². The number of amides is 1. The zero-order valence-electron chi connectivity index (χ0n) is 9.20. The maximum Gasteiger partial charge on any atom is 0.227 e. The van der Waals surface area contributed by atoms with E-state index in [1.54, 1.807) is 12.4 Å². The number of rotatable bonds is 4. The summed E-state index contributed by atoms with van der Waals surface area (Å²) >= 11 is 1.27. The molecule has 1 amide bonds. The van der Waals surface area contributed by atoms with Gasteiger partial charge in [-0.25, -0.2) is 0 Å². The van der Waals surface area contributed by atoms with E-state index >= 15 is 0 Å². The fourth-order valence-electron chi connectivity index (χ4n) is 1.32. The highest BCUT2D eigenvalue weighted by molar-refractivity contribution is 7.99. The molecule has 0 aromatic carbocycles. The predicted molar refractivity (Wildman–Crippen MR) is 64.2 cm³/mol. The normalized spacial score (nSPS) is 10.4. The number of carbonyl (C=O) groups is 1. The monoisotopic (exact) mass is 249 g/mol. The van der Waals surface area contributed by atoms with E-state index in [0.29, 0.717) is 11.0 Å². The van der Waals surface area contributed by atoms with E-state index in [9.17, 15) is 4.79 Å². The number of carbonyl (C=O) groups excluding carboxylic acids is 1. The van der Waals surface area contributed by atoms with Gasteiger partial charge in [0.2, 0.25) is 5.91 Å². The molecule has 2 heterocycles. The van der Waals surface area contributed by atoms with Gasteiger partial charge in [0.25, 0.3) is 0 Å². The third-order valence-corrected chi connectivity index (χ3v) is 3.14. The van der Waals surface area contributed by atoms with Gasteiger partial charge >= 0.3 is 0 Å². The van der Waals surface area contributed by atoms with Crippen LogP contribution in [0.2, 0.25) is 0 Å². The van der Waals surface area contributed by atoms with Crippen LogP contribution in [-0.2, 0) is 11.8 Å². The summed E-state index contributed by atoms with van der Waals surface area (Å²) in [6.07, 6.45) is 3.41. The lowest BCUT2D eigenvalue weighted by Crippen LogP contribution is -2.13. The maximum absolute atomic E-state index is 10.7. The van der Waals surface area contributed by atoms with Crippen molar-refractivity contribution >= 4 is 17.7 Å². The van der Waals surface area contributed by atoms with Crippen molar-refractivity contribution in [3.8, 4) is 11.4 Å². The summed E-state index contributed by atoms with van der Waals surface area (Å²) < 4.78 is 1.81. The van der Waals surface area contributed by atoms with Crippen molar-refractivity contribution in [2.24, 2.45) is 12.8 Å². The van der Waals surface area contributed by atoms with Crippen molar-refractivity contribution in [3.05, 3.63) is 24.5 Å². The Morgan fingerprint density at radius 1 is 1.53 bits per heavy atom. The van der Waals surface area contributed by atoms with Gasteiger partial charge in [0.05, 0.1) is 5.75 Å². The number of thioether (sulfide) groups is 1. The molecule has 0 bridgehead atoms. The van der Waals surface area contributed by atoms with Crippen LogP contribution in [0.25, 0.3) is 11.4 Å². The Hall–Kier alpha value is -1.89. The Bertz CT molecular complexity index is 525. The standard InChI is InChI=1S/C10H11N5OS/c1-15-9(7-3-2-4-12-5-7)13-14-10(15)17-6-8(11)16/h2-5H,6H2,1H3,(H2,11,16). The molecule has 0 spiro atoms. The van der Waals surface area contributed by atoms with Crippen molar-refractivity contribution in [3.63, 3.8) is 0 Å². The molecule has 0 fully saturated rings. The smallest absolute Gasteiger partial charge is 0.227 e. The third kappa shape index (κ3) is 2.62. The lowest BCUT2D eigenvalue weighted by atomic mass is 10.3. The first kappa shape index (κ1) is 11.6. The number of aromatic nitrogens is 4. The Labute approximate surface area is 102 Å². The minimum Gasteiger partial charge on any atom is -0.369 e. The van der Waals surface area contributed by atoms with Crippen LogP contribution >= 0.6 is 11.8 Å². The maximum atomic E-state index is 10.7. The van der Waals surface area contributed by atoms with E-state index in [1.165, 1.54) is 11.8 Å². The van der Waals surface area contributed by atoms with E-state index in [-0.39, 0.29) is 11.7 Å². The van der Waals surface area contributed by atoms with E-state index in [2.05, 4.69) is 15.2 Å². The fourth-order valence-corrected chi connectivity index (χ4v) is 1.97. The van der Waals surface area contributed by atoms with Crippen LogP contribution in [0.1, 0.15) is 0 Å². The summed E-state index contributed by atoms with van der Waals surface area (Å²) in [6.45, 7) is 0. The highest BCUT2D eigenvalue weighted by Crippen LogP contribution is 2.21. The summed E-state index contributed by atoms with van der Waals surface area (Å²) in [5, 5.41) is 8.72. The molecule has 0 saturated heterocycles. The van der Waals surface area contributed by atoms with Crippen LogP contribution in [0.5, 0.6) is 0 Å². The molecule has 7 heteroatoms. The van der Waals surface area contributed by atoms with Crippen LogP contribution in [0, 0.1) is 0 Å². The van der Waals surface area contributed by atoms with E-state index in [4.69, 9.17) is 5.73 Å². The highest BCUT2D eigenvalue weighted by atomic mass is 32.2. The number of hydrogen-bond acceptors (Lipinski definition) is 5. The lowest BCUT2D eigenvalue weighted by molar-refractivity contribution is -0.115. The molecule has 0 aliphatic rings. The van der Waals surface area contributed by atoms with Crippen molar-refractivity contribution in [1.29, 1.82) is 0 Å². The van der Waals surface area contributed by atoms with Gasteiger partial charge in [0.1, 0.15) is 0 Å². The lowest BCUT2D eigenvalue weighted by Gasteiger charge is -2.02. The van der Waals surface area contributed by atoms with Gasteiger partial charge in [-0.2, -0.15) is 0 Å². The first-order valence-electron chi connectivity index (χ1n) is 4.89. The average molecular weight is 249 g/mol. The molecule has 2 N–H and O–H groups in total. The van der Waals surface area contributed by atoms with Gasteiger partial charge in [-0.1, -0.05) is 11.8 Å². The van der Waals surface area contributed by atoms with Crippen molar-refractivity contribution in [2.45, 2.75) is 5.16 Å². The number of nitrogens with zero attached hydrogens (tertiary/aromatic N) is 4. The van der Waals surface area contributed by atoms with Crippen LogP contribution in [0.3, 0.4) is 0 Å². The molecule has 6 nitrogen and oxygen atoms in total. The summed E-state index contributed by atoms with van der Waals surface area (Å²) in [5.74, 6) is 0.532. The fraction of sp³-hybridized carbons (Fsp3) is 0.200. The summed E-state index contributed by atoms with van der Waals surface area (Å²) in [6, 6.07) is 3.74. The van der Waals surface area contributed by atoms with Gasteiger partial charge in [-0.3, -0.25) is 9.78 Å². The second kappa shape index (κ2) is 4.96. The van der Waals surface area contributed by atoms with Gasteiger partial charge in [0.15, 0.2) is 11.0 Å². The Morgan fingerprint density at radius 2 is 2.35 bits per heavy atom. The van der Waals surface area contributed by atoms with Gasteiger partial charge in [-0.15, -0.1) is 10.2 Å². The average Bonchev–Trinajstić information content (AvgIpc) is 2.69. The number of nitrogens with two attached hydrogens (primary N) is 1. The van der Waals surface area contributed by atoms with E-state index in [0.717, 1.165) is 5.56 Å². The number of pyridine rings is 1. The highest BCUT2D eigenvalue weighted by Gasteiger charge is 2.11. The molecule has 0 radical (unpaired) electrons. The van der Waals surface area contributed by atoms with Crippen LogP contribution in [0.15, 0.2) is 29.7 Å². The molecule has 0 saturated carbocycles. The molecule has 0 aliphatic carbocycles. The quantitative estimate of drug-likeness (QED) is 0.795. The molecular formula is C10H11N5OS. The molecule has 2 aromatic rings. The van der Waals surface area contributed by atoms with Gasteiger partial charge < -0.3 is 10.3 Å². The predicted octanol–water partition coefficient (Wildman–Crippen LogP) is 0.454. The molecule has 0 unspecified atom stereocenters. The Kier molecular flexibility index (Phi) is 3.38. The zero-order valence-corrected chi connectivity index (χ0v) is 10.0. The molecule has 0 aliphatic heterocycles. The molecule has 2 rings (SSSR count). The SMILES string of the molecule is Cn1c(SCC(N)=O)nnc1-c1cccnc1. The largest absolute Gasteiger partial charge is 0.369 e. The molecule has 88 valence electrons. The molecule has 0 atom stereocenters. The second-order valence-corrected chi connectivity index (χ2v) is 4.30. The first-order valence-corrected chi connectivity index (χ1v) is 5.88. The summed E-state index contributed by atoms with van der Waals surface area (Å²) in [4.78, 5) is 14.7. The number of hydrogen-bond donors (Lipinski definition) is 1. The van der Waals surface area contributed by atoms with Crippen molar-refractivity contribution in [2.75, 3.05) is 5.75 Å². The summed E-state index contributed by atoms with van der Waals surface area (Å²) in [5.41, 5.74) is 5.96. The minimum absolute atomic E-state index is 0.193. The van der Waals surface area contributed by atoms with Crippen LogP contribution in [0.4, 0.5) is 0 Å². The molecule has 17 heavy (non-hydrogen) atoms. The van der Waals surface area contributed by atoms with Crippen LogP contribution < -0.4 is 5.73 Å². The Balaban J connectivity index is 2.24. The summed E-state index contributed by atoms with van der Waals surface area (Å²) in [7, 11) is 1.84. The second-order valence-electron chi connectivity index (χ2n) is 3.36. The minimum atomic E-state index is -0.374. The van der Waals surface area contributed by atoms with Gasteiger partial charge in [0, 0.05) is 25.0 Å². The van der Waals surface area contributed by atoms with E-state index in [1.807, 2.05) is 23.7 Å². The number of primary amides is 1. The topological polar surface area (TPSA) is 86.7 Å². The third-order valence-electron chi connectivity index (χ3n) is 2.10. The Morgan fingerprint density at radius 3 is 3.00 bits per heavy atom. The van der Waals surface area contributed by atoms with Crippen molar-refractivity contribution < 1.29 is 4.79 Å².